The van der Waals surface area contributed by atoms with Gasteiger partial charge in [-0.25, -0.2) is 4.98 Å². The Kier molecular flexibility index (Phi) is 7.23. The molecular formula is C28H33ClN4O3SSi. The van der Waals surface area contributed by atoms with Crippen LogP contribution in [0, 0.1) is 0 Å². The molecule has 0 unspecified atom stereocenters. The maximum absolute atomic E-state index is 13.2. The van der Waals surface area contributed by atoms with Crippen molar-refractivity contribution in [3.05, 3.63) is 63.8 Å². The predicted octanol–water partition coefficient (Wildman–Crippen LogP) is 6.83. The lowest BCUT2D eigenvalue weighted by molar-refractivity contribution is 0.0114. The normalized spacial score (nSPS) is 16.3. The van der Waals surface area contributed by atoms with Gasteiger partial charge in [-0.05, 0) is 54.5 Å². The molecule has 3 aromatic rings. The molecule has 3 heterocycles. The Morgan fingerprint density at radius 3 is 2.45 bits per heavy atom. The fourth-order valence-electron chi connectivity index (χ4n) is 4.29. The minimum atomic E-state index is -1.89. The molecule has 2 aromatic heterocycles. The van der Waals surface area contributed by atoms with Gasteiger partial charge in [0.15, 0.2) is 8.32 Å². The molecule has 10 heteroatoms. The summed E-state index contributed by atoms with van der Waals surface area (Å²) in [5.41, 5.74) is 3.52. The monoisotopic (exact) mass is 568 g/mol. The number of rotatable bonds is 7. The van der Waals surface area contributed by atoms with Gasteiger partial charge in [0.25, 0.3) is 11.8 Å². The Morgan fingerprint density at radius 2 is 1.84 bits per heavy atom. The molecule has 200 valence electrons. The zero-order valence-corrected chi connectivity index (χ0v) is 24.9. The van der Waals surface area contributed by atoms with E-state index in [1.807, 2.05) is 30.3 Å². The Labute approximate surface area is 233 Å². The number of carbonyl (C=O) groups is 2. The van der Waals surface area contributed by atoms with Gasteiger partial charge in [0.2, 0.25) is 0 Å². The Bertz CT molecular complexity index is 1360. The van der Waals surface area contributed by atoms with Crippen LogP contribution in [0.5, 0.6) is 0 Å². The van der Waals surface area contributed by atoms with Crippen molar-refractivity contribution < 1.29 is 14.0 Å². The molecule has 2 fully saturated rings. The zero-order valence-electron chi connectivity index (χ0n) is 22.4. The zero-order chi connectivity index (χ0) is 27.2. The second kappa shape index (κ2) is 10.2. The van der Waals surface area contributed by atoms with E-state index in [0.29, 0.717) is 29.6 Å². The van der Waals surface area contributed by atoms with Gasteiger partial charge in [0.05, 0.1) is 28.7 Å². The molecule has 2 aliphatic rings. The highest BCUT2D eigenvalue weighted by molar-refractivity contribution is 7.08. The van der Waals surface area contributed by atoms with Crippen molar-refractivity contribution in [1.82, 2.24) is 14.3 Å². The van der Waals surface area contributed by atoms with E-state index in [2.05, 4.69) is 48.5 Å². The Morgan fingerprint density at radius 1 is 1.16 bits per heavy atom. The summed E-state index contributed by atoms with van der Waals surface area (Å²) in [4.78, 5) is 32.9. The first-order valence-corrected chi connectivity index (χ1v) is 17.0. The second-order valence-corrected chi connectivity index (χ2v) is 17.6. The molecule has 1 aliphatic heterocycles. The smallest absolute Gasteiger partial charge is 0.274 e. The van der Waals surface area contributed by atoms with Crippen molar-refractivity contribution >= 4 is 49.0 Å². The number of halogens is 1. The molecule has 38 heavy (non-hydrogen) atoms. The molecule has 0 atom stereocenters. The van der Waals surface area contributed by atoms with Crippen LogP contribution in [0.4, 0.5) is 5.69 Å². The van der Waals surface area contributed by atoms with Crippen molar-refractivity contribution in [1.29, 1.82) is 0 Å². The summed E-state index contributed by atoms with van der Waals surface area (Å²) in [7, 11) is -1.89. The Balaban J connectivity index is 1.25. The van der Waals surface area contributed by atoms with Gasteiger partial charge in [-0.3, -0.25) is 9.59 Å². The molecular weight excluding hydrogens is 536 g/mol. The molecule has 0 spiro atoms. The number of nitrogens with one attached hydrogen (secondary N) is 1. The first kappa shape index (κ1) is 27.0. The van der Waals surface area contributed by atoms with Crippen LogP contribution in [0.15, 0.2) is 42.6 Å². The highest BCUT2D eigenvalue weighted by Crippen LogP contribution is 2.47. The van der Waals surface area contributed by atoms with Gasteiger partial charge in [0.1, 0.15) is 10.6 Å². The fraction of sp³-hybridized carbons (Fsp3) is 0.429. The summed E-state index contributed by atoms with van der Waals surface area (Å²) in [5, 5.41) is 3.22. The number of nitrogens with zero attached hydrogens (tertiary/aromatic N) is 3. The van der Waals surface area contributed by atoms with Crippen LogP contribution in [-0.2, 0) is 4.43 Å². The van der Waals surface area contributed by atoms with Crippen molar-refractivity contribution in [2.75, 3.05) is 18.4 Å². The van der Waals surface area contributed by atoms with Gasteiger partial charge in [0, 0.05) is 24.2 Å². The van der Waals surface area contributed by atoms with Gasteiger partial charge in [-0.2, -0.15) is 4.37 Å². The van der Waals surface area contributed by atoms with Crippen molar-refractivity contribution in [2.45, 2.75) is 63.8 Å². The molecule has 1 aromatic carbocycles. The lowest BCUT2D eigenvalue weighted by atomic mass is 10.0. The van der Waals surface area contributed by atoms with E-state index in [9.17, 15) is 9.59 Å². The summed E-state index contributed by atoms with van der Waals surface area (Å²) in [5.74, 6) is -0.113. The average Bonchev–Trinajstić information content (AvgIpc) is 3.58. The summed E-state index contributed by atoms with van der Waals surface area (Å²) in [6.45, 7) is 12.1. The van der Waals surface area contributed by atoms with Crippen LogP contribution in [0.25, 0.3) is 11.3 Å². The molecule has 1 saturated carbocycles. The van der Waals surface area contributed by atoms with E-state index < -0.39 is 8.32 Å². The largest absolute Gasteiger partial charge is 0.410 e. The van der Waals surface area contributed by atoms with Gasteiger partial charge in [-0.15, -0.1) is 0 Å². The maximum atomic E-state index is 13.2. The molecule has 1 N–H and O–H groups in total. The van der Waals surface area contributed by atoms with E-state index in [0.717, 1.165) is 29.7 Å². The number of hydrogen-bond donors (Lipinski definition) is 1. The quantitative estimate of drug-likeness (QED) is 0.316. The van der Waals surface area contributed by atoms with Gasteiger partial charge < -0.3 is 14.6 Å². The molecule has 7 nitrogen and oxygen atoms in total. The summed E-state index contributed by atoms with van der Waals surface area (Å²) in [6, 6.07) is 11.5. The highest BCUT2D eigenvalue weighted by atomic mass is 35.5. The van der Waals surface area contributed by atoms with Crippen LogP contribution < -0.4 is 5.32 Å². The summed E-state index contributed by atoms with van der Waals surface area (Å²) >= 11 is 7.68. The number of benzene rings is 1. The minimum Gasteiger partial charge on any atom is -0.410 e. The maximum Gasteiger partial charge on any atom is 0.274 e. The molecule has 0 radical (unpaired) electrons. The van der Waals surface area contributed by atoms with Crippen LogP contribution in [0.3, 0.4) is 0 Å². The first-order valence-electron chi connectivity index (χ1n) is 12.9. The molecule has 1 saturated heterocycles. The third-order valence-corrected chi connectivity index (χ3v) is 13.4. The summed E-state index contributed by atoms with van der Waals surface area (Å²) in [6.07, 6.45) is 3.64. The van der Waals surface area contributed by atoms with Crippen LogP contribution in [-0.4, -0.2) is 53.6 Å². The molecule has 1 aliphatic carbocycles. The van der Waals surface area contributed by atoms with E-state index in [-0.39, 0.29) is 33.7 Å². The third kappa shape index (κ3) is 5.43. The number of amides is 2. The number of carbonyl (C=O) groups excluding carboxylic acids is 2. The topological polar surface area (TPSA) is 84.4 Å². The second-order valence-electron chi connectivity index (χ2n) is 11.6. The molecule has 2 amide bonds. The van der Waals surface area contributed by atoms with Crippen molar-refractivity contribution in [3.63, 3.8) is 0 Å². The SMILES string of the molecule is CC(C)(C)[Si](C)(C)OC1CN(C(=O)c2ncc(NC(=O)c3snc(-c4ccccc4)c3C3CC3)cc2Cl)C1. The predicted molar refractivity (Wildman–Crippen MR) is 155 cm³/mol. The fourth-order valence-corrected chi connectivity index (χ4v) is 6.75. The molecule has 0 bridgehead atoms. The number of aromatic nitrogens is 2. The van der Waals surface area contributed by atoms with Crippen LogP contribution in [0.1, 0.15) is 65.3 Å². The molecule has 5 rings (SSSR count). The number of likely N-dealkylation sites (tertiary alicyclic amines) is 1. The minimum absolute atomic E-state index is 0.0398. The standard InChI is InChI=1S/C28H33ClN4O3SSi/c1-28(2,3)38(4,5)36-20-15-33(16-20)27(35)24-21(29)13-19(14-30-24)31-26(34)25-22(17-11-12-17)23(32-37-25)18-9-7-6-8-10-18/h6-10,13-14,17,20H,11-12,15-16H2,1-5H3,(H,31,34). The van der Waals surface area contributed by atoms with E-state index in [1.54, 1.807) is 11.0 Å². The van der Waals surface area contributed by atoms with E-state index >= 15 is 0 Å². The average molecular weight is 569 g/mol. The van der Waals surface area contributed by atoms with Gasteiger partial charge in [-0.1, -0.05) is 62.7 Å². The third-order valence-electron chi connectivity index (χ3n) is 7.67. The first-order chi connectivity index (χ1) is 17.9. The van der Waals surface area contributed by atoms with E-state index in [4.69, 9.17) is 16.0 Å². The number of hydrogen-bond acceptors (Lipinski definition) is 6. The van der Waals surface area contributed by atoms with Crippen molar-refractivity contribution in [3.8, 4) is 11.3 Å². The van der Waals surface area contributed by atoms with Crippen LogP contribution in [0.2, 0.25) is 23.2 Å². The lowest BCUT2D eigenvalue weighted by Crippen LogP contribution is -2.59. The number of pyridine rings is 1. The van der Waals surface area contributed by atoms with Crippen LogP contribution >= 0.6 is 23.1 Å². The van der Waals surface area contributed by atoms with Gasteiger partial charge >= 0.3 is 0 Å². The van der Waals surface area contributed by atoms with E-state index in [1.165, 1.54) is 17.7 Å². The highest BCUT2D eigenvalue weighted by Gasteiger charge is 2.43. The Hall–Kier alpha value is -2.59. The summed E-state index contributed by atoms with van der Waals surface area (Å²) < 4.78 is 11.0. The number of anilines is 1. The lowest BCUT2D eigenvalue weighted by Gasteiger charge is -2.46. The van der Waals surface area contributed by atoms with Crippen molar-refractivity contribution in [2.24, 2.45) is 0 Å².